The van der Waals surface area contributed by atoms with E-state index >= 15 is 0 Å². The number of aromatic nitrogens is 1. The Morgan fingerprint density at radius 3 is 2.82 bits per heavy atom. The normalized spacial score (nSPS) is 12.4. The first-order chi connectivity index (χ1) is 8.13. The number of methoxy groups -OCH3 is 1. The molecule has 0 radical (unpaired) electrons. The largest absolute Gasteiger partial charge is 0.493 e. The summed E-state index contributed by atoms with van der Waals surface area (Å²) in [5.74, 6) is -0.379. The van der Waals surface area contributed by atoms with E-state index in [-0.39, 0.29) is 10.6 Å². The lowest BCUT2D eigenvalue weighted by molar-refractivity contribution is 0.388. The second kappa shape index (κ2) is 4.68. The maximum Gasteiger partial charge on any atom is 0.188 e. The zero-order chi connectivity index (χ0) is 12.4. The number of nitrogens with one attached hydrogen (secondary N) is 1. The highest BCUT2D eigenvalue weighted by molar-refractivity contribution is 7.79. The lowest BCUT2D eigenvalue weighted by Crippen LogP contribution is -1.91. The summed E-state index contributed by atoms with van der Waals surface area (Å²) < 4.78 is 38.2. The Bertz CT molecular complexity index is 568. The highest BCUT2D eigenvalue weighted by Crippen LogP contribution is 2.31. The molecule has 1 atom stereocenters. The lowest BCUT2D eigenvalue weighted by Gasteiger charge is -2.07. The van der Waals surface area contributed by atoms with Crippen molar-refractivity contribution in [1.29, 1.82) is 0 Å². The van der Waals surface area contributed by atoms with Gasteiger partial charge in [-0.05, 0) is 18.2 Å². The molecule has 1 unspecified atom stereocenters. The van der Waals surface area contributed by atoms with Crippen LogP contribution in [0.1, 0.15) is 0 Å². The molecule has 1 aromatic heterocycles. The molecular formula is C11H10FNO3S. The second-order valence-corrected chi connectivity index (χ2v) is 4.29. The van der Waals surface area contributed by atoms with Crippen LogP contribution in [-0.4, -0.2) is 20.9 Å². The predicted molar refractivity (Wildman–Crippen MR) is 61.8 cm³/mol. The van der Waals surface area contributed by atoms with Gasteiger partial charge < -0.3 is 14.3 Å². The van der Waals surface area contributed by atoms with Crippen LogP contribution in [0.15, 0.2) is 35.4 Å². The summed E-state index contributed by atoms with van der Waals surface area (Å²) in [6.45, 7) is 0. The molecule has 0 bridgehead atoms. The van der Waals surface area contributed by atoms with Crippen molar-refractivity contribution in [2.24, 2.45) is 0 Å². The van der Waals surface area contributed by atoms with Gasteiger partial charge in [0.1, 0.15) is 0 Å². The van der Waals surface area contributed by atoms with Crippen molar-refractivity contribution in [1.82, 2.24) is 4.98 Å². The average Bonchev–Trinajstić information content (AvgIpc) is 2.77. The monoisotopic (exact) mass is 255 g/mol. The third-order valence-electron chi connectivity index (χ3n) is 2.32. The van der Waals surface area contributed by atoms with Crippen LogP contribution >= 0.6 is 0 Å². The van der Waals surface area contributed by atoms with E-state index in [1.54, 1.807) is 12.1 Å². The fourth-order valence-electron chi connectivity index (χ4n) is 1.56. The van der Waals surface area contributed by atoms with Crippen LogP contribution in [-0.2, 0) is 11.1 Å². The highest BCUT2D eigenvalue weighted by atomic mass is 32.2. The molecule has 6 heteroatoms. The topological polar surface area (TPSA) is 62.3 Å². The number of halogens is 1. The molecule has 1 aromatic carbocycles. The Morgan fingerprint density at radius 1 is 1.47 bits per heavy atom. The van der Waals surface area contributed by atoms with E-state index in [0.29, 0.717) is 11.3 Å². The van der Waals surface area contributed by atoms with Crippen molar-refractivity contribution in [2.75, 3.05) is 7.11 Å². The molecule has 90 valence electrons. The van der Waals surface area contributed by atoms with E-state index in [1.807, 2.05) is 0 Å². The number of benzene rings is 1. The van der Waals surface area contributed by atoms with Gasteiger partial charge in [0.25, 0.3) is 0 Å². The van der Waals surface area contributed by atoms with Gasteiger partial charge in [0, 0.05) is 11.8 Å². The van der Waals surface area contributed by atoms with Crippen LogP contribution < -0.4 is 4.74 Å². The van der Waals surface area contributed by atoms with Gasteiger partial charge >= 0.3 is 0 Å². The van der Waals surface area contributed by atoms with Crippen LogP contribution in [0.2, 0.25) is 0 Å². The average molecular weight is 255 g/mol. The van der Waals surface area contributed by atoms with Crippen molar-refractivity contribution < 1.29 is 17.9 Å². The first kappa shape index (κ1) is 11.8. The minimum absolute atomic E-state index is 0.102. The number of rotatable bonds is 3. The van der Waals surface area contributed by atoms with Crippen LogP contribution in [0.25, 0.3) is 11.3 Å². The Hall–Kier alpha value is -1.66. The number of hydrogen-bond acceptors (Lipinski definition) is 2. The van der Waals surface area contributed by atoms with E-state index in [9.17, 15) is 8.60 Å². The zero-order valence-electron chi connectivity index (χ0n) is 8.94. The number of ether oxygens (including phenoxy) is 1. The first-order valence-electron chi connectivity index (χ1n) is 4.75. The third-order valence-corrected chi connectivity index (χ3v) is 2.96. The van der Waals surface area contributed by atoms with Crippen LogP contribution in [0, 0.1) is 5.82 Å². The van der Waals surface area contributed by atoms with E-state index in [1.165, 1.54) is 25.4 Å². The molecular weight excluding hydrogens is 245 g/mol. The SMILES string of the molecule is COc1c(F)cccc1-c1cc(S(=O)O)c[nH]1. The highest BCUT2D eigenvalue weighted by Gasteiger charge is 2.13. The summed E-state index contributed by atoms with van der Waals surface area (Å²) in [5.41, 5.74) is 1.03. The van der Waals surface area contributed by atoms with E-state index < -0.39 is 16.9 Å². The molecule has 0 spiro atoms. The van der Waals surface area contributed by atoms with Crippen LogP contribution in [0.4, 0.5) is 4.39 Å². The molecule has 0 saturated carbocycles. The number of H-pyrrole nitrogens is 1. The molecule has 2 N–H and O–H groups in total. The van der Waals surface area contributed by atoms with E-state index in [0.717, 1.165) is 0 Å². The van der Waals surface area contributed by atoms with Gasteiger partial charge in [-0.25, -0.2) is 8.60 Å². The molecule has 2 rings (SSSR count). The summed E-state index contributed by atoms with van der Waals surface area (Å²) >= 11 is -2.06. The molecule has 0 fully saturated rings. The maximum atomic E-state index is 13.5. The fraction of sp³-hybridized carbons (Fsp3) is 0.0909. The fourth-order valence-corrected chi connectivity index (χ4v) is 1.94. The minimum Gasteiger partial charge on any atom is -0.493 e. The van der Waals surface area contributed by atoms with E-state index in [4.69, 9.17) is 9.29 Å². The molecule has 0 aliphatic rings. The minimum atomic E-state index is -2.06. The van der Waals surface area contributed by atoms with Gasteiger partial charge in [-0.1, -0.05) is 6.07 Å². The van der Waals surface area contributed by atoms with Gasteiger partial charge in [-0.15, -0.1) is 0 Å². The van der Waals surface area contributed by atoms with Gasteiger partial charge in [0.15, 0.2) is 22.6 Å². The molecule has 17 heavy (non-hydrogen) atoms. The Morgan fingerprint density at radius 2 is 2.24 bits per heavy atom. The van der Waals surface area contributed by atoms with Crippen molar-refractivity contribution >= 4 is 11.1 Å². The lowest BCUT2D eigenvalue weighted by atomic mass is 10.1. The molecule has 0 saturated heterocycles. The summed E-state index contributed by atoms with van der Waals surface area (Å²) in [5, 5.41) is 0. The summed E-state index contributed by atoms with van der Waals surface area (Å²) in [7, 11) is 1.37. The van der Waals surface area contributed by atoms with Crippen LogP contribution in [0.3, 0.4) is 0 Å². The van der Waals surface area contributed by atoms with Gasteiger partial charge in [0.05, 0.1) is 17.7 Å². The molecule has 2 aromatic rings. The van der Waals surface area contributed by atoms with Crippen molar-refractivity contribution in [2.45, 2.75) is 4.90 Å². The second-order valence-electron chi connectivity index (χ2n) is 3.32. The molecule has 1 heterocycles. The quantitative estimate of drug-likeness (QED) is 0.828. The van der Waals surface area contributed by atoms with Gasteiger partial charge in [-0.3, -0.25) is 0 Å². The Balaban J connectivity index is 2.52. The Labute approximate surface area is 99.7 Å². The zero-order valence-corrected chi connectivity index (χ0v) is 9.75. The molecule has 0 aliphatic heterocycles. The number of para-hydroxylation sites is 1. The Kier molecular flexibility index (Phi) is 3.26. The maximum absolute atomic E-state index is 13.5. The van der Waals surface area contributed by atoms with Gasteiger partial charge in [0.2, 0.25) is 0 Å². The third kappa shape index (κ3) is 2.22. The standard InChI is InChI=1S/C11H10FNO3S/c1-16-11-8(3-2-4-9(11)12)10-5-7(6-13-10)17(14)15/h2-6,13H,1H3,(H,14,15). The summed E-state index contributed by atoms with van der Waals surface area (Å²) in [6.07, 6.45) is 1.40. The van der Waals surface area contributed by atoms with Crippen LogP contribution in [0.5, 0.6) is 5.75 Å². The van der Waals surface area contributed by atoms with E-state index in [2.05, 4.69) is 4.98 Å². The first-order valence-corrected chi connectivity index (χ1v) is 5.86. The number of hydrogen-bond donors (Lipinski definition) is 2. The van der Waals surface area contributed by atoms with Crippen molar-refractivity contribution in [3.05, 3.63) is 36.3 Å². The smallest absolute Gasteiger partial charge is 0.188 e. The van der Waals surface area contributed by atoms with Gasteiger partial charge in [-0.2, -0.15) is 0 Å². The summed E-state index contributed by atoms with van der Waals surface area (Å²) in [4.78, 5) is 3.03. The molecule has 4 nitrogen and oxygen atoms in total. The van der Waals surface area contributed by atoms with Crippen molar-refractivity contribution in [3.63, 3.8) is 0 Å². The number of aromatic amines is 1. The molecule has 0 aliphatic carbocycles. The predicted octanol–water partition coefficient (Wildman–Crippen LogP) is 2.41. The molecule has 0 amide bonds. The summed E-state index contributed by atoms with van der Waals surface area (Å²) in [6, 6.07) is 5.98. The van der Waals surface area contributed by atoms with Crippen molar-refractivity contribution in [3.8, 4) is 17.0 Å².